The molecular formula is C9H11ClN2S. The van der Waals surface area contributed by atoms with Crippen molar-refractivity contribution in [3.63, 3.8) is 0 Å². The zero-order valence-corrected chi connectivity index (χ0v) is 8.79. The Kier molecular flexibility index (Phi) is 2.56. The van der Waals surface area contributed by atoms with Crippen LogP contribution in [0.25, 0.3) is 0 Å². The third-order valence-electron chi connectivity index (χ3n) is 2.28. The van der Waals surface area contributed by atoms with Crippen molar-refractivity contribution in [2.75, 3.05) is 6.54 Å². The van der Waals surface area contributed by atoms with Crippen molar-refractivity contribution in [1.29, 1.82) is 5.41 Å². The number of nitrogens with zero attached hydrogens (tertiary/aromatic N) is 1. The SMILES string of the molecule is N=C1CCCN1Cc1ccsc1Cl. The Bertz CT molecular complexity index is 321. The van der Waals surface area contributed by atoms with Gasteiger partial charge < -0.3 is 4.90 Å². The first-order chi connectivity index (χ1) is 6.27. The normalized spacial score (nSPS) is 17.0. The molecule has 0 aromatic carbocycles. The van der Waals surface area contributed by atoms with E-state index in [0.29, 0.717) is 0 Å². The Hall–Kier alpha value is -0.540. The van der Waals surface area contributed by atoms with Crippen LogP contribution < -0.4 is 0 Å². The van der Waals surface area contributed by atoms with Gasteiger partial charge in [-0.1, -0.05) is 11.6 Å². The summed E-state index contributed by atoms with van der Waals surface area (Å²) in [4.78, 5) is 2.09. The molecule has 0 spiro atoms. The van der Waals surface area contributed by atoms with Gasteiger partial charge in [0.1, 0.15) is 0 Å². The van der Waals surface area contributed by atoms with Crippen molar-refractivity contribution in [2.24, 2.45) is 0 Å². The molecule has 0 amide bonds. The first kappa shape index (κ1) is 9.03. The zero-order valence-electron chi connectivity index (χ0n) is 7.22. The number of rotatable bonds is 2. The molecule has 1 N–H and O–H groups in total. The molecule has 0 unspecified atom stereocenters. The van der Waals surface area contributed by atoms with Gasteiger partial charge in [0, 0.05) is 25.1 Å². The number of hydrogen-bond donors (Lipinski definition) is 1. The van der Waals surface area contributed by atoms with E-state index in [0.717, 1.165) is 41.7 Å². The summed E-state index contributed by atoms with van der Waals surface area (Å²) in [5, 5.41) is 9.66. The lowest BCUT2D eigenvalue weighted by Crippen LogP contribution is -2.23. The van der Waals surface area contributed by atoms with Crippen LogP contribution in [0.5, 0.6) is 0 Å². The monoisotopic (exact) mass is 214 g/mol. The molecule has 70 valence electrons. The fourth-order valence-electron chi connectivity index (χ4n) is 1.54. The highest BCUT2D eigenvalue weighted by atomic mass is 35.5. The van der Waals surface area contributed by atoms with E-state index in [1.54, 1.807) is 11.3 Å². The predicted octanol–water partition coefficient (Wildman–Crippen LogP) is 2.97. The smallest absolute Gasteiger partial charge is 0.0978 e. The van der Waals surface area contributed by atoms with E-state index in [4.69, 9.17) is 17.0 Å². The largest absolute Gasteiger partial charge is 0.356 e. The highest BCUT2D eigenvalue weighted by molar-refractivity contribution is 7.14. The topological polar surface area (TPSA) is 27.1 Å². The van der Waals surface area contributed by atoms with Crippen molar-refractivity contribution >= 4 is 28.8 Å². The van der Waals surface area contributed by atoms with Gasteiger partial charge in [-0.3, -0.25) is 5.41 Å². The Labute approximate surface area is 86.6 Å². The quantitative estimate of drug-likeness (QED) is 0.805. The van der Waals surface area contributed by atoms with Crippen LogP contribution in [-0.4, -0.2) is 17.3 Å². The molecule has 1 aromatic rings. The molecule has 0 atom stereocenters. The van der Waals surface area contributed by atoms with E-state index in [-0.39, 0.29) is 0 Å². The van der Waals surface area contributed by atoms with Crippen molar-refractivity contribution in [2.45, 2.75) is 19.4 Å². The maximum Gasteiger partial charge on any atom is 0.0978 e. The van der Waals surface area contributed by atoms with Gasteiger partial charge in [-0.2, -0.15) is 0 Å². The summed E-state index contributed by atoms with van der Waals surface area (Å²) in [6, 6.07) is 2.04. The molecule has 4 heteroatoms. The molecule has 2 rings (SSSR count). The van der Waals surface area contributed by atoms with Crippen LogP contribution in [0.4, 0.5) is 0 Å². The lowest BCUT2D eigenvalue weighted by molar-refractivity contribution is 0.447. The van der Waals surface area contributed by atoms with Gasteiger partial charge in [-0.25, -0.2) is 0 Å². The standard InChI is InChI=1S/C9H11ClN2S/c10-9-7(3-5-13-9)6-12-4-1-2-8(12)11/h3,5,11H,1-2,4,6H2. The van der Waals surface area contributed by atoms with E-state index in [1.807, 2.05) is 11.4 Å². The van der Waals surface area contributed by atoms with E-state index < -0.39 is 0 Å². The summed E-state index contributed by atoms with van der Waals surface area (Å²) >= 11 is 7.54. The van der Waals surface area contributed by atoms with Gasteiger partial charge >= 0.3 is 0 Å². The van der Waals surface area contributed by atoms with Crippen molar-refractivity contribution in [3.8, 4) is 0 Å². The molecule has 13 heavy (non-hydrogen) atoms. The zero-order chi connectivity index (χ0) is 9.26. The van der Waals surface area contributed by atoms with Crippen LogP contribution in [-0.2, 0) is 6.54 Å². The van der Waals surface area contributed by atoms with E-state index >= 15 is 0 Å². The minimum Gasteiger partial charge on any atom is -0.356 e. The number of likely N-dealkylation sites (tertiary alicyclic amines) is 1. The first-order valence-electron chi connectivity index (χ1n) is 4.31. The highest BCUT2D eigenvalue weighted by Crippen LogP contribution is 2.25. The van der Waals surface area contributed by atoms with Crippen LogP contribution in [0.15, 0.2) is 11.4 Å². The van der Waals surface area contributed by atoms with Crippen LogP contribution in [0.3, 0.4) is 0 Å². The van der Waals surface area contributed by atoms with Gasteiger partial charge in [-0.15, -0.1) is 11.3 Å². The molecule has 1 fully saturated rings. The molecule has 0 radical (unpaired) electrons. The average molecular weight is 215 g/mol. The van der Waals surface area contributed by atoms with Gasteiger partial charge in [-0.05, 0) is 17.9 Å². The Morgan fingerprint density at radius 3 is 3.00 bits per heavy atom. The van der Waals surface area contributed by atoms with E-state index in [9.17, 15) is 0 Å². The number of thiophene rings is 1. The number of hydrogen-bond acceptors (Lipinski definition) is 2. The van der Waals surface area contributed by atoms with Crippen molar-refractivity contribution < 1.29 is 0 Å². The minimum atomic E-state index is 0.752. The molecule has 1 aliphatic rings. The third kappa shape index (κ3) is 1.86. The number of amidine groups is 1. The van der Waals surface area contributed by atoms with Crippen LogP contribution in [0.1, 0.15) is 18.4 Å². The molecule has 2 nitrogen and oxygen atoms in total. The Morgan fingerprint density at radius 2 is 2.46 bits per heavy atom. The average Bonchev–Trinajstić information content (AvgIpc) is 2.65. The summed E-state index contributed by atoms with van der Waals surface area (Å²) in [5.41, 5.74) is 1.15. The van der Waals surface area contributed by atoms with E-state index in [2.05, 4.69) is 4.90 Å². The van der Waals surface area contributed by atoms with Crippen molar-refractivity contribution in [1.82, 2.24) is 4.90 Å². The second kappa shape index (κ2) is 3.68. The predicted molar refractivity (Wildman–Crippen MR) is 56.7 cm³/mol. The molecule has 0 bridgehead atoms. The molecule has 1 aromatic heterocycles. The number of halogens is 1. The summed E-state index contributed by atoms with van der Waals surface area (Å²) in [6.45, 7) is 1.81. The van der Waals surface area contributed by atoms with Crippen LogP contribution in [0, 0.1) is 5.41 Å². The molecule has 2 heterocycles. The molecule has 1 aliphatic heterocycles. The van der Waals surface area contributed by atoms with Gasteiger partial charge in [0.15, 0.2) is 0 Å². The third-order valence-corrected chi connectivity index (χ3v) is 3.53. The van der Waals surface area contributed by atoms with Crippen molar-refractivity contribution in [3.05, 3.63) is 21.3 Å². The maximum absolute atomic E-state index is 7.67. The Balaban J connectivity index is 2.06. The fraction of sp³-hybridized carbons (Fsp3) is 0.444. The Morgan fingerprint density at radius 1 is 1.62 bits per heavy atom. The molecular weight excluding hydrogens is 204 g/mol. The lowest BCUT2D eigenvalue weighted by Gasteiger charge is -2.16. The molecule has 0 aliphatic carbocycles. The first-order valence-corrected chi connectivity index (χ1v) is 5.57. The lowest BCUT2D eigenvalue weighted by atomic mass is 10.3. The van der Waals surface area contributed by atoms with Gasteiger partial charge in [0.2, 0.25) is 0 Å². The second-order valence-electron chi connectivity index (χ2n) is 3.19. The summed E-state index contributed by atoms with van der Waals surface area (Å²) < 4.78 is 0.861. The molecule has 1 saturated heterocycles. The van der Waals surface area contributed by atoms with E-state index in [1.165, 1.54) is 0 Å². The second-order valence-corrected chi connectivity index (χ2v) is 4.71. The highest BCUT2D eigenvalue weighted by Gasteiger charge is 2.17. The summed E-state index contributed by atoms with van der Waals surface area (Å²) in [7, 11) is 0. The maximum atomic E-state index is 7.67. The summed E-state index contributed by atoms with van der Waals surface area (Å²) in [6.07, 6.45) is 2.03. The fourth-order valence-corrected chi connectivity index (χ4v) is 2.46. The van der Waals surface area contributed by atoms with Crippen LogP contribution in [0.2, 0.25) is 4.34 Å². The molecule has 0 saturated carbocycles. The summed E-state index contributed by atoms with van der Waals surface area (Å²) in [5.74, 6) is 0.752. The van der Waals surface area contributed by atoms with Crippen LogP contribution >= 0.6 is 22.9 Å². The number of nitrogens with one attached hydrogen (secondary N) is 1. The van der Waals surface area contributed by atoms with Gasteiger partial charge in [0.05, 0.1) is 10.2 Å². The van der Waals surface area contributed by atoms with Gasteiger partial charge in [0.25, 0.3) is 0 Å². The minimum absolute atomic E-state index is 0.752.